The summed E-state index contributed by atoms with van der Waals surface area (Å²) in [6.45, 7) is 0.639. The molecule has 3 heterocycles. The van der Waals surface area contributed by atoms with Gasteiger partial charge in [0, 0.05) is 37.9 Å². The first-order chi connectivity index (χ1) is 15.2. The number of alkyl halides is 3. The Kier molecular flexibility index (Phi) is 5.49. The number of carbonyl (C=O) groups is 1. The highest BCUT2D eigenvalue weighted by molar-refractivity contribution is 5.94. The number of amides is 1. The van der Waals surface area contributed by atoms with Crippen LogP contribution >= 0.6 is 0 Å². The van der Waals surface area contributed by atoms with Crippen molar-refractivity contribution in [1.82, 2.24) is 19.0 Å². The van der Waals surface area contributed by atoms with E-state index in [4.69, 9.17) is 0 Å². The highest BCUT2D eigenvalue weighted by Crippen LogP contribution is 2.26. The molecule has 0 N–H and O–H groups in total. The molecule has 0 atom stereocenters. The van der Waals surface area contributed by atoms with E-state index in [0.717, 1.165) is 12.1 Å². The zero-order valence-electron chi connectivity index (χ0n) is 17.0. The van der Waals surface area contributed by atoms with Crippen molar-refractivity contribution < 1.29 is 22.7 Å². The molecule has 4 rings (SSSR count). The van der Waals surface area contributed by atoms with Crippen LogP contribution in [-0.4, -0.2) is 44.4 Å². The summed E-state index contributed by atoms with van der Waals surface area (Å²) in [4.78, 5) is 43.7. The summed E-state index contributed by atoms with van der Waals surface area (Å²) >= 11 is 0. The number of fused-ring (bicyclic) bond motifs is 1. The molecule has 1 aliphatic heterocycles. The van der Waals surface area contributed by atoms with Gasteiger partial charge >= 0.3 is 17.5 Å². The minimum Gasteiger partial charge on any atom is -0.406 e. The first-order valence-electron chi connectivity index (χ1n) is 9.87. The van der Waals surface area contributed by atoms with Gasteiger partial charge in [-0.3, -0.25) is 19.0 Å². The standard InChI is InChI=1S/C21H19F3N4O4/c1-26-16-3-2-10-25-17(16)28(20(31)19(26)30)14-8-11-27(12-9-14)18(29)13-4-6-15(7-5-13)32-21(22,23)24/h2-7,10,14H,8-9,11-12H2,1H3. The van der Waals surface area contributed by atoms with Crippen LogP contribution in [0.3, 0.4) is 0 Å². The van der Waals surface area contributed by atoms with Crippen LogP contribution in [0.2, 0.25) is 0 Å². The van der Waals surface area contributed by atoms with E-state index in [0.29, 0.717) is 37.1 Å². The van der Waals surface area contributed by atoms with Crippen LogP contribution < -0.4 is 15.9 Å². The van der Waals surface area contributed by atoms with Gasteiger partial charge in [0.1, 0.15) is 5.75 Å². The summed E-state index contributed by atoms with van der Waals surface area (Å²) in [5.74, 6) is -0.738. The van der Waals surface area contributed by atoms with Crippen molar-refractivity contribution in [2.45, 2.75) is 25.2 Å². The third-order valence-electron chi connectivity index (χ3n) is 5.51. The van der Waals surface area contributed by atoms with E-state index < -0.39 is 23.2 Å². The molecule has 1 saturated heterocycles. The van der Waals surface area contributed by atoms with Crippen molar-refractivity contribution in [3.8, 4) is 5.75 Å². The number of piperidine rings is 1. The number of pyridine rings is 1. The Balaban J connectivity index is 1.51. The molecule has 3 aromatic rings. The maximum absolute atomic E-state index is 12.7. The molecule has 32 heavy (non-hydrogen) atoms. The van der Waals surface area contributed by atoms with Crippen molar-refractivity contribution in [3.05, 3.63) is 68.9 Å². The van der Waals surface area contributed by atoms with Gasteiger partial charge in [-0.05, 0) is 49.2 Å². The fraction of sp³-hybridized carbons (Fsp3) is 0.333. The van der Waals surface area contributed by atoms with Crippen LogP contribution in [0.15, 0.2) is 52.2 Å². The van der Waals surface area contributed by atoms with Gasteiger partial charge < -0.3 is 14.2 Å². The number of rotatable bonds is 3. The second-order valence-electron chi connectivity index (χ2n) is 7.48. The van der Waals surface area contributed by atoms with Gasteiger partial charge in [0.15, 0.2) is 5.65 Å². The van der Waals surface area contributed by atoms with Gasteiger partial charge in [-0.1, -0.05) is 0 Å². The number of aromatic nitrogens is 3. The average molecular weight is 448 g/mol. The lowest BCUT2D eigenvalue weighted by molar-refractivity contribution is -0.274. The third-order valence-corrected chi connectivity index (χ3v) is 5.51. The molecule has 11 heteroatoms. The fourth-order valence-corrected chi connectivity index (χ4v) is 3.94. The Morgan fingerprint density at radius 2 is 1.72 bits per heavy atom. The average Bonchev–Trinajstić information content (AvgIpc) is 2.77. The fourth-order valence-electron chi connectivity index (χ4n) is 3.94. The number of benzene rings is 1. The van der Waals surface area contributed by atoms with Gasteiger partial charge in [-0.15, -0.1) is 13.2 Å². The monoisotopic (exact) mass is 448 g/mol. The lowest BCUT2D eigenvalue weighted by atomic mass is 10.0. The highest BCUT2D eigenvalue weighted by Gasteiger charge is 2.31. The van der Waals surface area contributed by atoms with Crippen LogP contribution in [0, 0.1) is 0 Å². The Labute approximate surface area is 179 Å². The number of carbonyl (C=O) groups excluding carboxylic acids is 1. The molecule has 0 bridgehead atoms. The number of hydrogen-bond donors (Lipinski definition) is 0. The summed E-state index contributed by atoms with van der Waals surface area (Å²) in [7, 11) is 1.52. The van der Waals surface area contributed by atoms with E-state index in [1.165, 1.54) is 28.3 Å². The summed E-state index contributed by atoms with van der Waals surface area (Å²) < 4.78 is 43.4. The van der Waals surface area contributed by atoms with Crippen molar-refractivity contribution in [2.75, 3.05) is 13.1 Å². The van der Waals surface area contributed by atoms with Gasteiger partial charge in [-0.25, -0.2) is 4.98 Å². The van der Waals surface area contributed by atoms with Gasteiger partial charge in [0.2, 0.25) is 0 Å². The SMILES string of the molecule is Cn1c(=O)c(=O)n(C2CCN(C(=O)c3ccc(OC(F)(F)F)cc3)CC2)c2ncccc21. The lowest BCUT2D eigenvalue weighted by Crippen LogP contribution is -2.46. The number of halogens is 3. The van der Waals surface area contributed by atoms with E-state index in [1.807, 2.05) is 0 Å². The molecule has 0 spiro atoms. The van der Waals surface area contributed by atoms with Crippen molar-refractivity contribution in [3.63, 3.8) is 0 Å². The van der Waals surface area contributed by atoms with Crippen molar-refractivity contribution in [2.24, 2.45) is 7.05 Å². The lowest BCUT2D eigenvalue weighted by Gasteiger charge is -2.33. The smallest absolute Gasteiger partial charge is 0.406 e. The molecule has 1 fully saturated rings. The second kappa shape index (κ2) is 8.13. The number of likely N-dealkylation sites (tertiary alicyclic amines) is 1. The van der Waals surface area contributed by atoms with Gasteiger partial charge in [0.05, 0.1) is 5.52 Å². The van der Waals surface area contributed by atoms with Crippen LogP contribution in [0.1, 0.15) is 29.2 Å². The molecule has 168 valence electrons. The highest BCUT2D eigenvalue weighted by atomic mass is 19.4. The normalized spacial score (nSPS) is 15.2. The number of aryl methyl sites for hydroxylation is 1. The molecule has 0 aliphatic carbocycles. The maximum atomic E-state index is 12.7. The molecule has 1 aromatic carbocycles. The zero-order chi connectivity index (χ0) is 23.0. The Bertz CT molecular complexity index is 1270. The summed E-state index contributed by atoms with van der Waals surface area (Å²) in [6.07, 6.45) is -2.39. The first-order valence-corrected chi connectivity index (χ1v) is 9.87. The molecule has 2 aromatic heterocycles. The Morgan fingerprint density at radius 1 is 1.06 bits per heavy atom. The molecule has 1 aliphatic rings. The molecule has 1 amide bonds. The number of ether oxygens (including phenoxy) is 1. The van der Waals surface area contributed by atoms with Gasteiger partial charge in [-0.2, -0.15) is 0 Å². The molecular formula is C21H19F3N4O4. The van der Waals surface area contributed by atoms with Gasteiger partial charge in [0.25, 0.3) is 5.91 Å². The van der Waals surface area contributed by atoms with E-state index >= 15 is 0 Å². The second-order valence-corrected chi connectivity index (χ2v) is 7.48. The minimum absolute atomic E-state index is 0.232. The van der Waals surface area contributed by atoms with Crippen LogP contribution in [0.5, 0.6) is 5.75 Å². The summed E-state index contributed by atoms with van der Waals surface area (Å²) in [6, 6.07) is 7.82. The third kappa shape index (κ3) is 4.10. The van der Waals surface area contributed by atoms with Crippen LogP contribution in [-0.2, 0) is 7.05 Å². The molecule has 0 radical (unpaired) electrons. The van der Waals surface area contributed by atoms with E-state index in [-0.39, 0.29) is 17.5 Å². The Hall–Kier alpha value is -3.63. The Morgan fingerprint density at radius 3 is 2.34 bits per heavy atom. The summed E-state index contributed by atoms with van der Waals surface area (Å²) in [5, 5.41) is 0. The zero-order valence-corrected chi connectivity index (χ0v) is 17.0. The largest absolute Gasteiger partial charge is 0.573 e. The molecular weight excluding hydrogens is 429 g/mol. The predicted molar refractivity (Wildman–Crippen MR) is 109 cm³/mol. The van der Waals surface area contributed by atoms with E-state index in [2.05, 4.69) is 9.72 Å². The molecule has 8 nitrogen and oxygen atoms in total. The summed E-state index contributed by atoms with van der Waals surface area (Å²) in [5.41, 5.74) is -0.133. The van der Waals surface area contributed by atoms with Crippen molar-refractivity contribution >= 4 is 17.1 Å². The predicted octanol–water partition coefficient (Wildman–Crippen LogP) is 2.47. The minimum atomic E-state index is -4.80. The molecule has 0 saturated carbocycles. The number of nitrogens with zero attached hydrogens (tertiary/aromatic N) is 4. The van der Waals surface area contributed by atoms with Crippen molar-refractivity contribution in [1.29, 1.82) is 0 Å². The van der Waals surface area contributed by atoms with Crippen LogP contribution in [0.25, 0.3) is 11.2 Å². The van der Waals surface area contributed by atoms with Crippen LogP contribution in [0.4, 0.5) is 13.2 Å². The quantitative estimate of drug-likeness (QED) is 0.575. The van der Waals surface area contributed by atoms with E-state index in [9.17, 15) is 27.6 Å². The number of hydrogen-bond acceptors (Lipinski definition) is 5. The first kappa shape index (κ1) is 21.6. The topological polar surface area (TPSA) is 86.4 Å². The molecule has 0 unspecified atom stereocenters. The van der Waals surface area contributed by atoms with E-state index in [1.54, 1.807) is 23.2 Å². The maximum Gasteiger partial charge on any atom is 0.573 e.